The standard InChI is InChI=1S/C29H31N9O2/c1-6-7-11-27(39)33-22-15-23(26(40-5)16-25(22)37(4)14-13-36(2)3)34-29-31-18-20(17-30)28(35-29)21-19-32-38-12-9-8-10-24(21)38/h6-12,15-16,18-19H,1,13-14H2,2-5H3,(H,33,39)(H,31,34,35)/b11-7+. The number of methoxy groups -OCH3 is 1. The molecular formula is C29H31N9O2. The van der Waals surface area contributed by atoms with E-state index in [1.807, 2.05) is 56.5 Å². The molecule has 204 valence electrons. The molecule has 0 aliphatic rings. The Hall–Kier alpha value is -5.21. The van der Waals surface area contributed by atoms with Crippen LogP contribution in [0.25, 0.3) is 16.8 Å². The number of nitrogens with one attached hydrogen (secondary N) is 2. The largest absolute Gasteiger partial charge is 0.494 e. The van der Waals surface area contributed by atoms with Gasteiger partial charge in [0.2, 0.25) is 11.9 Å². The van der Waals surface area contributed by atoms with Gasteiger partial charge in [0.1, 0.15) is 11.8 Å². The van der Waals surface area contributed by atoms with E-state index in [0.717, 1.165) is 24.3 Å². The summed E-state index contributed by atoms with van der Waals surface area (Å²) in [5, 5.41) is 20.3. The molecule has 4 rings (SSSR count). The number of likely N-dealkylation sites (N-methyl/N-ethyl adjacent to an activating group) is 2. The van der Waals surface area contributed by atoms with Gasteiger partial charge in [0.25, 0.3) is 0 Å². The summed E-state index contributed by atoms with van der Waals surface area (Å²) in [5.41, 5.74) is 4.15. The van der Waals surface area contributed by atoms with Crippen molar-refractivity contribution in [2.75, 3.05) is 56.9 Å². The summed E-state index contributed by atoms with van der Waals surface area (Å²) in [6, 6.07) is 11.5. The molecule has 0 unspecified atom stereocenters. The van der Waals surface area contributed by atoms with Gasteiger partial charge in [0.05, 0.1) is 53.3 Å². The Morgan fingerprint density at radius 3 is 2.75 bits per heavy atom. The first-order valence-electron chi connectivity index (χ1n) is 12.5. The van der Waals surface area contributed by atoms with Crippen LogP contribution in [0, 0.1) is 11.3 Å². The Morgan fingerprint density at radius 1 is 1.20 bits per heavy atom. The maximum atomic E-state index is 12.6. The smallest absolute Gasteiger partial charge is 0.248 e. The van der Waals surface area contributed by atoms with Crippen molar-refractivity contribution < 1.29 is 9.53 Å². The van der Waals surface area contributed by atoms with Crippen LogP contribution >= 0.6 is 0 Å². The highest BCUT2D eigenvalue weighted by molar-refractivity contribution is 6.02. The van der Waals surface area contributed by atoms with Crippen LogP contribution in [0.1, 0.15) is 5.56 Å². The number of nitrogens with zero attached hydrogens (tertiary/aromatic N) is 7. The lowest BCUT2D eigenvalue weighted by molar-refractivity contribution is -0.111. The maximum Gasteiger partial charge on any atom is 0.248 e. The molecule has 4 aromatic rings. The first kappa shape index (κ1) is 27.8. The predicted octanol–water partition coefficient (Wildman–Crippen LogP) is 4.09. The summed E-state index contributed by atoms with van der Waals surface area (Å²) in [7, 11) is 7.53. The summed E-state index contributed by atoms with van der Waals surface area (Å²) in [6.07, 6.45) is 9.48. The van der Waals surface area contributed by atoms with Crippen LogP contribution in [0.2, 0.25) is 0 Å². The molecule has 1 aromatic carbocycles. The van der Waals surface area contributed by atoms with Crippen LogP contribution < -0.4 is 20.3 Å². The number of aromatic nitrogens is 4. The molecule has 3 aromatic heterocycles. The summed E-state index contributed by atoms with van der Waals surface area (Å²) in [6.45, 7) is 5.15. The van der Waals surface area contributed by atoms with Crippen molar-refractivity contribution in [3.63, 3.8) is 0 Å². The van der Waals surface area contributed by atoms with E-state index >= 15 is 0 Å². The molecule has 40 heavy (non-hydrogen) atoms. The van der Waals surface area contributed by atoms with Gasteiger partial charge in [0.15, 0.2) is 0 Å². The molecule has 0 aliphatic heterocycles. The van der Waals surface area contributed by atoms with Gasteiger partial charge in [0, 0.05) is 44.0 Å². The van der Waals surface area contributed by atoms with E-state index in [1.54, 1.807) is 30.0 Å². The number of allylic oxidation sites excluding steroid dienone is 2. The number of benzene rings is 1. The van der Waals surface area contributed by atoms with Gasteiger partial charge in [-0.2, -0.15) is 10.4 Å². The number of hydrogen-bond acceptors (Lipinski definition) is 9. The van der Waals surface area contributed by atoms with E-state index in [2.05, 4.69) is 43.2 Å². The number of anilines is 4. The normalized spacial score (nSPS) is 11.0. The summed E-state index contributed by atoms with van der Waals surface area (Å²) < 4.78 is 7.42. The monoisotopic (exact) mass is 537 g/mol. The number of carbonyl (C=O) groups excluding carboxylic acids is 1. The third kappa shape index (κ3) is 6.25. The lowest BCUT2D eigenvalue weighted by Gasteiger charge is -2.26. The fraction of sp³-hybridized carbons (Fsp3) is 0.207. The van der Waals surface area contributed by atoms with E-state index in [0.29, 0.717) is 33.9 Å². The van der Waals surface area contributed by atoms with Crippen molar-refractivity contribution in [2.45, 2.75) is 0 Å². The lowest BCUT2D eigenvalue weighted by atomic mass is 10.1. The van der Waals surface area contributed by atoms with Crippen molar-refractivity contribution in [1.82, 2.24) is 24.5 Å². The SMILES string of the molecule is C=C/C=C/C(=O)Nc1cc(Nc2ncc(C#N)c(-c3cnn4ccccc34)n2)c(OC)cc1N(C)CCN(C)C. The third-order valence-electron chi connectivity index (χ3n) is 6.09. The average molecular weight is 538 g/mol. The first-order valence-corrected chi connectivity index (χ1v) is 12.5. The van der Waals surface area contributed by atoms with Gasteiger partial charge in [-0.25, -0.2) is 14.5 Å². The molecule has 0 bridgehead atoms. The average Bonchev–Trinajstić information content (AvgIpc) is 3.39. The molecule has 3 heterocycles. The Balaban J connectivity index is 1.75. The van der Waals surface area contributed by atoms with Gasteiger partial charge in [-0.05, 0) is 32.3 Å². The molecule has 2 N–H and O–H groups in total. The highest BCUT2D eigenvalue weighted by Gasteiger charge is 2.18. The number of nitriles is 1. The Bertz CT molecular complexity index is 1600. The van der Waals surface area contributed by atoms with Crippen LogP contribution in [0.3, 0.4) is 0 Å². The zero-order valence-electron chi connectivity index (χ0n) is 22.9. The molecule has 11 nitrogen and oxygen atoms in total. The Labute approximate surface area is 233 Å². The first-order chi connectivity index (χ1) is 19.3. The maximum absolute atomic E-state index is 12.6. The Morgan fingerprint density at radius 2 is 2.02 bits per heavy atom. The second-order valence-electron chi connectivity index (χ2n) is 9.16. The minimum Gasteiger partial charge on any atom is -0.494 e. The van der Waals surface area contributed by atoms with E-state index in [1.165, 1.54) is 18.3 Å². The van der Waals surface area contributed by atoms with Gasteiger partial charge in [-0.3, -0.25) is 4.79 Å². The van der Waals surface area contributed by atoms with Gasteiger partial charge < -0.3 is 25.2 Å². The highest BCUT2D eigenvalue weighted by Crippen LogP contribution is 2.38. The van der Waals surface area contributed by atoms with E-state index < -0.39 is 0 Å². The van der Waals surface area contributed by atoms with E-state index in [9.17, 15) is 10.1 Å². The van der Waals surface area contributed by atoms with Crippen molar-refractivity contribution in [3.8, 4) is 23.1 Å². The second kappa shape index (κ2) is 12.6. The minimum atomic E-state index is -0.303. The molecule has 11 heteroatoms. The van der Waals surface area contributed by atoms with Crippen molar-refractivity contribution in [3.05, 3.63) is 79.3 Å². The summed E-state index contributed by atoms with van der Waals surface area (Å²) in [4.78, 5) is 25.7. The summed E-state index contributed by atoms with van der Waals surface area (Å²) >= 11 is 0. The second-order valence-corrected chi connectivity index (χ2v) is 9.16. The molecule has 0 radical (unpaired) electrons. The number of fused-ring (bicyclic) bond motifs is 1. The van der Waals surface area contributed by atoms with Crippen molar-refractivity contribution in [1.29, 1.82) is 5.26 Å². The van der Waals surface area contributed by atoms with Crippen LogP contribution in [0.4, 0.5) is 23.0 Å². The van der Waals surface area contributed by atoms with Crippen molar-refractivity contribution >= 4 is 34.4 Å². The zero-order chi connectivity index (χ0) is 28.6. The molecule has 0 spiro atoms. The number of carbonyl (C=O) groups is 1. The zero-order valence-corrected chi connectivity index (χ0v) is 22.9. The van der Waals surface area contributed by atoms with Gasteiger partial charge in [-0.15, -0.1) is 0 Å². The summed E-state index contributed by atoms with van der Waals surface area (Å²) in [5.74, 6) is 0.472. The molecule has 0 saturated heterocycles. The fourth-order valence-electron chi connectivity index (χ4n) is 4.02. The quantitative estimate of drug-likeness (QED) is 0.215. The van der Waals surface area contributed by atoms with E-state index in [-0.39, 0.29) is 11.9 Å². The fourth-order valence-corrected chi connectivity index (χ4v) is 4.02. The molecular weight excluding hydrogens is 506 g/mol. The van der Waals surface area contributed by atoms with Crippen LogP contribution in [-0.2, 0) is 4.79 Å². The number of amides is 1. The minimum absolute atomic E-state index is 0.250. The molecule has 1 amide bonds. The number of rotatable bonds is 11. The lowest BCUT2D eigenvalue weighted by Crippen LogP contribution is -2.29. The molecule has 0 saturated carbocycles. The number of pyridine rings is 1. The molecule has 0 aliphatic carbocycles. The van der Waals surface area contributed by atoms with Crippen LogP contribution in [-0.4, -0.2) is 71.7 Å². The van der Waals surface area contributed by atoms with Crippen LogP contribution in [0.15, 0.2) is 73.7 Å². The predicted molar refractivity (Wildman–Crippen MR) is 157 cm³/mol. The van der Waals surface area contributed by atoms with Crippen LogP contribution in [0.5, 0.6) is 5.75 Å². The topological polar surface area (TPSA) is 124 Å². The van der Waals surface area contributed by atoms with Gasteiger partial charge in [-0.1, -0.05) is 24.8 Å². The van der Waals surface area contributed by atoms with E-state index in [4.69, 9.17) is 4.74 Å². The van der Waals surface area contributed by atoms with Gasteiger partial charge >= 0.3 is 0 Å². The highest BCUT2D eigenvalue weighted by atomic mass is 16.5. The third-order valence-corrected chi connectivity index (χ3v) is 6.09. The van der Waals surface area contributed by atoms with Crippen molar-refractivity contribution in [2.24, 2.45) is 0 Å². The molecule has 0 fully saturated rings. The Kier molecular flexibility index (Phi) is 8.73. The molecule has 0 atom stereocenters. The number of hydrogen-bond donors (Lipinski definition) is 2. The number of ether oxygens (including phenoxy) is 1.